The number of hydrogen-bond donors (Lipinski definition) is 3. The highest BCUT2D eigenvalue weighted by molar-refractivity contribution is 6.01. The van der Waals surface area contributed by atoms with E-state index in [2.05, 4.69) is 5.32 Å². The summed E-state index contributed by atoms with van der Waals surface area (Å²) >= 11 is 0. The number of carbonyl (C=O) groups excluding carboxylic acids is 1. The zero-order valence-electron chi connectivity index (χ0n) is 12.2. The van der Waals surface area contributed by atoms with Crippen molar-refractivity contribution in [3.05, 3.63) is 28.8 Å². The third-order valence-corrected chi connectivity index (χ3v) is 3.77. The van der Waals surface area contributed by atoms with Crippen LogP contribution in [0, 0.1) is 19.8 Å². The Bertz CT molecular complexity index is 571. The van der Waals surface area contributed by atoms with Crippen LogP contribution in [0.25, 0.3) is 0 Å². The minimum atomic E-state index is -1.06. The summed E-state index contributed by atoms with van der Waals surface area (Å²) in [5.41, 5.74) is 1.99. The second kappa shape index (κ2) is 6.13. The molecule has 114 valence electrons. The van der Waals surface area contributed by atoms with Crippen LogP contribution in [0.3, 0.4) is 0 Å². The van der Waals surface area contributed by atoms with Crippen LogP contribution >= 0.6 is 0 Å². The summed E-state index contributed by atoms with van der Waals surface area (Å²) in [6.45, 7) is 4.72. The van der Waals surface area contributed by atoms with Crippen molar-refractivity contribution in [2.45, 2.75) is 20.3 Å². The van der Waals surface area contributed by atoms with Crippen molar-refractivity contribution in [1.29, 1.82) is 0 Å². The SMILES string of the molecule is Cc1cc(C)c(NC(=O)N2CCC(CO)C2)c(C(=O)O)c1. The fourth-order valence-corrected chi connectivity index (χ4v) is 2.65. The molecular weight excluding hydrogens is 272 g/mol. The van der Waals surface area contributed by atoms with Crippen molar-refractivity contribution < 1.29 is 19.8 Å². The van der Waals surface area contributed by atoms with Gasteiger partial charge in [0.05, 0.1) is 11.3 Å². The molecule has 1 aromatic carbocycles. The maximum atomic E-state index is 12.2. The molecule has 1 aliphatic rings. The first-order chi connectivity index (χ1) is 9.92. The topological polar surface area (TPSA) is 89.9 Å². The molecule has 0 radical (unpaired) electrons. The molecule has 1 aliphatic heterocycles. The number of carbonyl (C=O) groups is 2. The minimum Gasteiger partial charge on any atom is -0.478 e. The van der Waals surface area contributed by atoms with Gasteiger partial charge < -0.3 is 20.4 Å². The van der Waals surface area contributed by atoms with Gasteiger partial charge in [0.25, 0.3) is 0 Å². The molecule has 1 atom stereocenters. The van der Waals surface area contributed by atoms with Crippen molar-refractivity contribution in [3.63, 3.8) is 0 Å². The summed E-state index contributed by atoms with van der Waals surface area (Å²) in [4.78, 5) is 25.2. The lowest BCUT2D eigenvalue weighted by atomic mass is 10.0. The number of aliphatic hydroxyl groups excluding tert-OH is 1. The third-order valence-electron chi connectivity index (χ3n) is 3.77. The number of carboxylic acid groups (broad SMARTS) is 1. The smallest absolute Gasteiger partial charge is 0.337 e. The first-order valence-electron chi connectivity index (χ1n) is 6.93. The van der Waals surface area contributed by atoms with E-state index in [1.54, 1.807) is 17.9 Å². The van der Waals surface area contributed by atoms with Crippen molar-refractivity contribution in [2.75, 3.05) is 25.0 Å². The number of aryl methyl sites for hydroxylation is 2. The maximum absolute atomic E-state index is 12.2. The third kappa shape index (κ3) is 3.33. The fraction of sp³-hybridized carbons (Fsp3) is 0.467. The van der Waals surface area contributed by atoms with Gasteiger partial charge in [-0.3, -0.25) is 0 Å². The standard InChI is InChI=1S/C15H20N2O4/c1-9-5-10(2)13(12(6-9)14(19)20)16-15(21)17-4-3-11(7-17)8-18/h5-6,11,18H,3-4,7-8H2,1-2H3,(H,16,21)(H,19,20). The monoisotopic (exact) mass is 292 g/mol. The Morgan fingerprint density at radius 3 is 2.67 bits per heavy atom. The zero-order valence-corrected chi connectivity index (χ0v) is 12.2. The molecule has 0 bridgehead atoms. The van der Waals surface area contributed by atoms with Crippen LogP contribution < -0.4 is 5.32 Å². The van der Waals surface area contributed by atoms with Gasteiger partial charge in [-0.05, 0) is 37.5 Å². The Balaban J connectivity index is 2.19. The average molecular weight is 292 g/mol. The van der Waals surface area contributed by atoms with Crippen LogP contribution in [0.15, 0.2) is 12.1 Å². The van der Waals surface area contributed by atoms with Gasteiger partial charge in [-0.2, -0.15) is 0 Å². The molecule has 1 saturated heterocycles. The van der Waals surface area contributed by atoms with E-state index in [-0.39, 0.29) is 24.1 Å². The van der Waals surface area contributed by atoms with Gasteiger partial charge in [-0.1, -0.05) is 6.07 Å². The molecule has 1 fully saturated rings. The molecular formula is C15H20N2O4. The molecule has 0 aromatic heterocycles. The number of carboxylic acids is 1. The lowest BCUT2D eigenvalue weighted by Gasteiger charge is -2.19. The predicted octanol–water partition coefficient (Wildman–Crippen LogP) is 1.85. The average Bonchev–Trinajstić information content (AvgIpc) is 2.90. The number of amides is 2. The number of nitrogens with one attached hydrogen (secondary N) is 1. The van der Waals surface area contributed by atoms with Crippen LogP contribution in [0.1, 0.15) is 27.9 Å². The van der Waals surface area contributed by atoms with Crippen LogP contribution in [-0.4, -0.2) is 46.8 Å². The van der Waals surface area contributed by atoms with E-state index in [9.17, 15) is 14.7 Å². The van der Waals surface area contributed by atoms with E-state index in [4.69, 9.17) is 5.11 Å². The molecule has 21 heavy (non-hydrogen) atoms. The lowest BCUT2D eigenvalue weighted by Crippen LogP contribution is -2.34. The first kappa shape index (κ1) is 15.3. The molecule has 6 nitrogen and oxygen atoms in total. The highest BCUT2D eigenvalue weighted by atomic mass is 16.4. The molecule has 2 rings (SSSR count). The van der Waals surface area contributed by atoms with Gasteiger partial charge in [-0.15, -0.1) is 0 Å². The zero-order chi connectivity index (χ0) is 15.6. The number of anilines is 1. The van der Waals surface area contributed by atoms with E-state index < -0.39 is 5.97 Å². The van der Waals surface area contributed by atoms with Crippen molar-refractivity contribution >= 4 is 17.7 Å². The highest BCUT2D eigenvalue weighted by Gasteiger charge is 2.26. The summed E-state index contributed by atoms with van der Waals surface area (Å²) < 4.78 is 0. The Hall–Kier alpha value is -2.08. The van der Waals surface area contributed by atoms with Gasteiger partial charge in [-0.25, -0.2) is 9.59 Å². The van der Waals surface area contributed by atoms with Gasteiger partial charge in [0.1, 0.15) is 0 Å². The van der Waals surface area contributed by atoms with Gasteiger partial charge in [0, 0.05) is 25.6 Å². The fourth-order valence-electron chi connectivity index (χ4n) is 2.65. The minimum absolute atomic E-state index is 0.0632. The van der Waals surface area contributed by atoms with Crippen molar-refractivity contribution in [2.24, 2.45) is 5.92 Å². The molecule has 0 spiro atoms. The largest absolute Gasteiger partial charge is 0.478 e. The molecule has 1 unspecified atom stereocenters. The van der Waals surface area contributed by atoms with E-state index in [0.29, 0.717) is 18.8 Å². The maximum Gasteiger partial charge on any atom is 0.337 e. The Kier molecular flexibility index (Phi) is 4.47. The van der Waals surface area contributed by atoms with Crippen LogP contribution in [-0.2, 0) is 0 Å². The molecule has 1 heterocycles. The second-order valence-electron chi connectivity index (χ2n) is 5.52. The summed E-state index contributed by atoms with van der Waals surface area (Å²) in [5.74, 6) is -0.958. The molecule has 2 amide bonds. The molecule has 1 aromatic rings. The van der Waals surface area contributed by atoms with Gasteiger partial charge in [0.15, 0.2) is 0 Å². The highest BCUT2D eigenvalue weighted by Crippen LogP contribution is 2.24. The summed E-state index contributed by atoms with van der Waals surface area (Å²) in [6, 6.07) is 3.06. The number of hydrogen-bond acceptors (Lipinski definition) is 3. The Labute approximate surface area is 123 Å². The molecule has 0 aliphatic carbocycles. The van der Waals surface area contributed by atoms with Gasteiger partial charge in [0.2, 0.25) is 0 Å². The molecule has 3 N–H and O–H groups in total. The van der Waals surface area contributed by atoms with E-state index >= 15 is 0 Å². The predicted molar refractivity (Wildman–Crippen MR) is 78.7 cm³/mol. The van der Waals surface area contributed by atoms with Crippen LogP contribution in [0.2, 0.25) is 0 Å². The number of urea groups is 1. The summed E-state index contributed by atoms with van der Waals surface area (Å²) in [5, 5.41) is 21.1. The lowest BCUT2D eigenvalue weighted by molar-refractivity contribution is 0.0698. The van der Waals surface area contributed by atoms with E-state index in [0.717, 1.165) is 17.5 Å². The van der Waals surface area contributed by atoms with E-state index in [1.807, 2.05) is 13.0 Å². The summed E-state index contributed by atoms with van der Waals surface area (Å²) in [6.07, 6.45) is 0.766. The number of aliphatic hydroxyl groups is 1. The number of rotatable bonds is 3. The Morgan fingerprint density at radius 1 is 1.38 bits per heavy atom. The first-order valence-corrected chi connectivity index (χ1v) is 6.93. The molecule has 0 saturated carbocycles. The Morgan fingerprint density at radius 2 is 2.10 bits per heavy atom. The van der Waals surface area contributed by atoms with Crippen LogP contribution in [0.5, 0.6) is 0 Å². The van der Waals surface area contributed by atoms with E-state index in [1.165, 1.54) is 0 Å². The number of benzene rings is 1. The second-order valence-corrected chi connectivity index (χ2v) is 5.52. The molecule has 6 heteroatoms. The normalized spacial score (nSPS) is 17.9. The van der Waals surface area contributed by atoms with Gasteiger partial charge >= 0.3 is 12.0 Å². The van der Waals surface area contributed by atoms with Crippen LogP contribution in [0.4, 0.5) is 10.5 Å². The van der Waals surface area contributed by atoms with Crippen molar-refractivity contribution in [3.8, 4) is 0 Å². The number of aromatic carboxylic acids is 1. The number of nitrogens with zero attached hydrogens (tertiary/aromatic N) is 1. The number of likely N-dealkylation sites (tertiary alicyclic amines) is 1. The summed E-state index contributed by atoms with van der Waals surface area (Å²) in [7, 11) is 0. The van der Waals surface area contributed by atoms with Crippen molar-refractivity contribution in [1.82, 2.24) is 4.90 Å². The quantitative estimate of drug-likeness (QED) is 0.793.